The molecule has 0 aromatic heterocycles. The fourth-order valence-corrected chi connectivity index (χ4v) is 2.41. The number of hydrogen-bond acceptors (Lipinski definition) is 2. The number of thioether (sulfide) groups is 1. The lowest BCUT2D eigenvalue weighted by molar-refractivity contribution is 1.18. The number of thiocarbonyl (C=S) groups is 1. The quantitative estimate of drug-likeness (QED) is 0.711. The highest BCUT2D eigenvalue weighted by Crippen LogP contribution is 2.32. The Balaban J connectivity index is 2.22. The Kier molecular flexibility index (Phi) is 2.66. The van der Waals surface area contributed by atoms with Crippen LogP contribution in [0.5, 0.6) is 0 Å². The normalized spacial score (nSPS) is 21.2. The summed E-state index contributed by atoms with van der Waals surface area (Å²) in [6.07, 6.45) is 4.03. The number of nitrogens with one attached hydrogen (secondary N) is 1. The van der Waals surface area contributed by atoms with Crippen LogP contribution in [0.4, 0.5) is 0 Å². The van der Waals surface area contributed by atoms with Crippen molar-refractivity contribution in [2.75, 3.05) is 0 Å². The van der Waals surface area contributed by atoms with E-state index in [0.717, 1.165) is 4.32 Å². The second-order valence-electron chi connectivity index (χ2n) is 2.74. The third kappa shape index (κ3) is 2.11. The lowest BCUT2D eigenvalue weighted by Crippen LogP contribution is -2.16. The van der Waals surface area contributed by atoms with Crippen LogP contribution in [0, 0.1) is 0 Å². The Bertz CT molecular complexity index is 332. The molecule has 66 valence electrons. The molecule has 1 heterocycles. The zero-order valence-corrected chi connectivity index (χ0v) is 8.57. The maximum absolute atomic E-state index is 5.08. The zero-order chi connectivity index (χ0) is 9.10. The third-order valence-electron chi connectivity index (χ3n) is 1.83. The van der Waals surface area contributed by atoms with Gasteiger partial charge in [0.1, 0.15) is 4.32 Å². The predicted molar refractivity (Wildman–Crippen MR) is 61.6 cm³/mol. The smallest absolute Gasteiger partial charge is 0.138 e. The molecule has 1 atom stereocenters. The molecule has 0 spiro atoms. The molecule has 0 radical (unpaired) electrons. The van der Waals surface area contributed by atoms with Gasteiger partial charge in [-0.15, -0.1) is 0 Å². The fraction of sp³-hybridized carbons (Fsp3) is 0.100. The first-order valence-corrected chi connectivity index (χ1v) is 5.34. The van der Waals surface area contributed by atoms with Gasteiger partial charge in [0.15, 0.2) is 0 Å². The van der Waals surface area contributed by atoms with Crippen LogP contribution in [-0.4, -0.2) is 4.32 Å². The molecule has 2 rings (SSSR count). The number of benzene rings is 1. The minimum absolute atomic E-state index is 0.370. The summed E-state index contributed by atoms with van der Waals surface area (Å²) in [4.78, 5) is 0. The van der Waals surface area contributed by atoms with Gasteiger partial charge in [0, 0.05) is 0 Å². The van der Waals surface area contributed by atoms with Crippen LogP contribution in [0.25, 0.3) is 0 Å². The van der Waals surface area contributed by atoms with Gasteiger partial charge in [0.25, 0.3) is 0 Å². The van der Waals surface area contributed by atoms with Gasteiger partial charge in [-0.3, -0.25) is 0 Å². The molecule has 1 aliphatic rings. The molecule has 1 nitrogen and oxygen atoms in total. The Morgan fingerprint density at radius 2 is 2.00 bits per heavy atom. The van der Waals surface area contributed by atoms with Crippen LogP contribution >= 0.6 is 24.0 Å². The fourth-order valence-electron chi connectivity index (χ4n) is 1.21. The lowest BCUT2D eigenvalue weighted by atomic mass is 10.1. The van der Waals surface area contributed by atoms with Crippen molar-refractivity contribution in [1.29, 1.82) is 0 Å². The molecule has 0 fully saturated rings. The highest BCUT2D eigenvalue weighted by molar-refractivity contribution is 8.23. The van der Waals surface area contributed by atoms with Crippen molar-refractivity contribution < 1.29 is 0 Å². The summed E-state index contributed by atoms with van der Waals surface area (Å²) in [6.45, 7) is 0. The minimum atomic E-state index is 0.370. The van der Waals surface area contributed by atoms with E-state index >= 15 is 0 Å². The molecule has 1 aliphatic heterocycles. The maximum atomic E-state index is 5.08. The van der Waals surface area contributed by atoms with Crippen molar-refractivity contribution in [3.8, 4) is 0 Å². The maximum Gasteiger partial charge on any atom is 0.138 e. The summed E-state index contributed by atoms with van der Waals surface area (Å²) >= 11 is 6.76. The van der Waals surface area contributed by atoms with Crippen molar-refractivity contribution in [2.45, 2.75) is 5.25 Å². The Morgan fingerprint density at radius 3 is 2.69 bits per heavy atom. The average Bonchev–Trinajstić information content (AvgIpc) is 2.19. The molecule has 0 saturated heterocycles. The molecule has 1 aromatic carbocycles. The van der Waals surface area contributed by atoms with Crippen LogP contribution in [0.1, 0.15) is 10.8 Å². The van der Waals surface area contributed by atoms with E-state index < -0.39 is 0 Å². The molecule has 0 saturated carbocycles. The van der Waals surface area contributed by atoms with Gasteiger partial charge in [-0.1, -0.05) is 60.4 Å². The monoisotopic (exact) mass is 207 g/mol. The molecule has 1 aromatic rings. The first-order chi connectivity index (χ1) is 6.36. The van der Waals surface area contributed by atoms with E-state index in [2.05, 4.69) is 35.7 Å². The molecule has 3 heteroatoms. The molecule has 0 bridgehead atoms. The largest absolute Gasteiger partial charge is 0.348 e. The topological polar surface area (TPSA) is 12.0 Å². The van der Waals surface area contributed by atoms with Gasteiger partial charge < -0.3 is 5.32 Å². The average molecular weight is 207 g/mol. The van der Waals surface area contributed by atoms with Gasteiger partial charge >= 0.3 is 0 Å². The Labute approximate surface area is 87.2 Å². The Morgan fingerprint density at radius 1 is 1.23 bits per heavy atom. The van der Waals surface area contributed by atoms with Crippen LogP contribution in [0.2, 0.25) is 0 Å². The third-order valence-corrected chi connectivity index (χ3v) is 3.26. The summed E-state index contributed by atoms with van der Waals surface area (Å²) in [5.41, 5.74) is 1.30. The standard InChI is InChI=1S/C10H9NS2/c12-10-11-7-6-9(13-10)8-4-2-1-3-5-8/h1-7,9H,(H,11,12). The summed E-state index contributed by atoms with van der Waals surface area (Å²) < 4.78 is 0.844. The molecular formula is C10H9NS2. The van der Waals surface area contributed by atoms with Crippen molar-refractivity contribution in [1.82, 2.24) is 5.32 Å². The van der Waals surface area contributed by atoms with Crippen molar-refractivity contribution in [2.24, 2.45) is 0 Å². The van der Waals surface area contributed by atoms with Gasteiger partial charge in [-0.25, -0.2) is 0 Å². The van der Waals surface area contributed by atoms with Crippen LogP contribution in [-0.2, 0) is 0 Å². The van der Waals surface area contributed by atoms with E-state index in [0.29, 0.717) is 5.25 Å². The van der Waals surface area contributed by atoms with E-state index in [-0.39, 0.29) is 0 Å². The first kappa shape index (κ1) is 8.78. The van der Waals surface area contributed by atoms with Crippen LogP contribution in [0.15, 0.2) is 42.6 Å². The van der Waals surface area contributed by atoms with Crippen molar-refractivity contribution in [3.05, 3.63) is 48.2 Å². The van der Waals surface area contributed by atoms with E-state index in [1.165, 1.54) is 5.56 Å². The molecule has 0 amide bonds. The SMILES string of the molecule is S=C1NC=CC(c2ccccc2)S1. The number of rotatable bonds is 1. The molecule has 1 unspecified atom stereocenters. The van der Waals surface area contributed by atoms with Gasteiger partial charge in [0.2, 0.25) is 0 Å². The van der Waals surface area contributed by atoms with Crippen LogP contribution in [0.3, 0.4) is 0 Å². The van der Waals surface area contributed by atoms with Gasteiger partial charge in [-0.2, -0.15) is 0 Å². The summed E-state index contributed by atoms with van der Waals surface area (Å²) in [5.74, 6) is 0. The van der Waals surface area contributed by atoms with E-state index in [9.17, 15) is 0 Å². The second-order valence-corrected chi connectivity index (χ2v) is 4.56. The predicted octanol–water partition coefficient (Wildman–Crippen LogP) is 2.86. The summed E-state index contributed by atoms with van der Waals surface area (Å²) in [6, 6.07) is 10.4. The van der Waals surface area contributed by atoms with E-state index in [1.807, 2.05) is 12.3 Å². The Hall–Kier alpha value is -0.800. The van der Waals surface area contributed by atoms with E-state index in [1.54, 1.807) is 11.8 Å². The minimum Gasteiger partial charge on any atom is -0.348 e. The lowest BCUT2D eigenvalue weighted by Gasteiger charge is -2.17. The van der Waals surface area contributed by atoms with E-state index in [4.69, 9.17) is 12.2 Å². The van der Waals surface area contributed by atoms with Gasteiger partial charge in [-0.05, 0) is 11.8 Å². The number of hydrogen-bond donors (Lipinski definition) is 1. The summed E-state index contributed by atoms with van der Waals surface area (Å²) in [5, 5.41) is 3.37. The highest BCUT2D eigenvalue weighted by atomic mass is 32.2. The highest BCUT2D eigenvalue weighted by Gasteiger charge is 2.13. The van der Waals surface area contributed by atoms with Crippen molar-refractivity contribution in [3.63, 3.8) is 0 Å². The molecular weight excluding hydrogens is 198 g/mol. The summed E-state index contributed by atoms with van der Waals surface area (Å²) in [7, 11) is 0. The first-order valence-electron chi connectivity index (χ1n) is 4.05. The van der Waals surface area contributed by atoms with Crippen molar-refractivity contribution >= 4 is 28.3 Å². The molecule has 1 N–H and O–H groups in total. The second kappa shape index (κ2) is 3.94. The van der Waals surface area contributed by atoms with Gasteiger partial charge in [0.05, 0.1) is 5.25 Å². The molecule has 13 heavy (non-hydrogen) atoms. The van der Waals surface area contributed by atoms with Crippen LogP contribution < -0.4 is 5.32 Å². The molecule has 0 aliphatic carbocycles. The zero-order valence-electron chi connectivity index (χ0n) is 6.94.